The van der Waals surface area contributed by atoms with Crippen LogP contribution in [0.15, 0.2) is 54.1 Å². The molecule has 1 unspecified atom stereocenters. The lowest BCUT2D eigenvalue weighted by atomic mass is 9.58. The molecule has 2 aliphatic carbocycles. The lowest BCUT2D eigenvalue weighted by Gasteiger charge is -2.43. The molecule has 1 fully saturated rings. The molecule has 2 aliphatic rings. The number of ketones is 1. The Morgan fingerprint density at radius 2 is 1.64 bits per heavy atom. The van der Waals surface area contributed by atoms with Crippen molar-refractivity contribution in [1.29, 1.82) is 0 Å². The van der Waals surface area contributed by atoms with Crippen molar-refractivity contribution in [2.45, 2.75) is 58.8 Å². The lowest BCUT2D eigenvalue weighted by molar-refractivity contribution is -0.132. The van der Waals surface area contributed by atoms with E-state index in [0.717, 1.165) is 25.7 Å². The summed E-state index contributed by atoms with van der Waals surface area (Å²) >= 11 is 0. The maximum Gasteiger partial charge on any atom is 0.154 e. The van der Waals surface area contributed by atoms with Gasteiger partial charge in [0.05, 0.1) is 10.8 Å². The summed E-state index contributed by atoms with van der Waals surface area (Å²) in [5, 5.41) is 0. The Hall–Kier alpha value is -1.63. The average Bonchev–Trinajstić information content (AvgIpc) is 3.12. The first kappa shape index (κ1) is 18.2. The summed E-state index contributed by atoms with van der Waals surface area (Å²) in [7, 11) is 0. The van der Waals surface area contributed by atoms with E-state index in [1.54, 1.807) is 0 Å². The summed E-state index contributed by atoms with van der Waals surface area (Å²) in [6.45, 7) is 8.80. The minimum atomic E-state index is -0.492. The van der Waals surface area contributed by atoms with Gasteiger partial charge in [-0.15, -0.1) is 0 Å². The van der Waals surface area contributed by atoms with E-state index < -0.39 is 5.41 Å². The highest BCUT2D eigenvalue weighted by Gasteiger charge is 2.53. The zero-order valence-electron chi connectivity index (χ0n) is 16.1. The normalized spacial score (nSPS) is 25.4. The third kappa shape index (κ3) is 3.03. The van der Waals surface area contributed by atoms with Crippen LogP contribution in [0.4, 0.5) is 0 Å². The quantitative estimate of drug-likeness (QED) is 0.638. The third-order valence-electron chi connectivity index (χ3n) is 6.30. The number of hydrogen-bond donors (Lipinski definition) is 0. The van der Waals surface area contributed by atoms with Gasteiger partial charge < -0.3 is 0 Å². The molecule has 0 spiro atoms. The molecule has 0 amide bonds. The fraction of sp³-hybridized carbons (Fsp3) is 0.500. The van der Waals surface area contributed by atoms with Gasteiger partial charge >= 0.3 is 0 Å². The molecule has 0 heterocycles. The van der Waals surface area contributed by atoms with Gasteiger partial charge in [0, 0.05) is 6.42 Å². The monoisotopic (exact) mass is 335 g/mol. The van der Waals surface area contributed by atoms with Crippen LogP contribution in [-0.4, -0.2) is 5.78 Å². The molecule has 1 radical (unpaired) electrons. The number of rotatable bonds is 5. The predicted octanol–water partition coefficient (Wildman–Crippen LogP) is 6.07. The first-order chi connectivity index (χ1) is 11.9. The molecule has 25 heavy (non-hydrogen) atoms. The predicted molar refractivity (Wildman–Crippen MR) is 105 cm³/mol. The van der Waals surface area contributed by atoms with Crippen molar-refractivity contribution in [2.24, 2.45) is 17.3 Å². The smallest absolute Gasteiger partial charge is 0.154 e. The number of Topliss-reactive ketones (excluding diaryl/α,β-unsaturated/α-hetero) is 1. The van der Waals surface area contributed by atoms with Crippen LogP contribution in [0.5, 0.6) is 0 Å². The Morgan fingerprint density at radius 3 is 2.20 bits per heavy atom. The summed E-state index contributed by atoms with van der Waals surface area (Å²) in [6, 6.07) is 10.5. The van der Waals surface area contributed by atoms with Gasteiger partial charge in [0.2, 0.25) is 0 Å². The van der Waals surface area contributed by atoms with Crippen molar-refractivity contribution in [1.82, 2.24) is 0 Å². The zero-order chi connectivity index (χ0) is 18.1. The molecule has 133 valence electrons. The molecule has 0 aliphatic heterocycles. The van der Waals surface area contributed by atoms with Gasteiger partial charge in [-0.25, -0.2) is 0 Å². The van der Waals surface area contributed by atoms with E-state index in [1.807, 2.05) is 6.07 Å². The van der Waals surface area contributed by atoms with E-state index >= 15 is 0 Å². The summed E-state index contributed by atoms with van der Waals surface area (Å²) in [4.78, 5) is 14.1. The molecule has 0 N–H and O–H groups in total. The van der Waals surface area contributed by atoms with Crippen LogP contribution in [0, 0.1) is 23.7 Å². The molecule has 0 bridgehead atoms. The van der Waals surface area contributed by atoms with Crippen LogP contribution < -0.4 is 0 Å². The number of carbonyl (C=O) groups excluding carboxylic acids is 1. The summed E-state index contributed by atoms with van der Waals surface area (Å²) in [5.74, 6) is 1.09. The highest BCUT2D eigenvalue weighted by atomic mass is 16.1. The zero-order valence-corrected chi connectivity index (χ0v) is 16.1. The van der Waals surface area contributed by atoms with Gasteiger partial charge in [0.15, 0.2) is 5.78 Å². The maximum absolute atomic E-state index is 14.1. The molecule has 1 aromatic carbocycles. The van der Waals surface area contributed by atoms with Crippen molar-refractivity contribution in [2.75, 3.05) is 0 Å². The highest BCUT2D eigenvalue weighted by molar-refractivity contribution is 5.98. The van der Waals surface area contributed by atoms with Gasteiger partial charge in [0.25, 0.3) is 0 Å². The van der Waals surface area contributed by atoms with Crippen molar-refractivity contribution < 1.29 is 4.79 Å². The second-order valence-electron chi connectivity index (χ2n) is 8.40. The number of benzene rings is 1. The molecule has 3 rings (SSSR count). The van der Waals surface area contributed by atoms with Crippen LogP contribution >= 0.6 is 0 Å². The molecule has 1 atom stereocenters. The molecule has 0 aromatic heterocycles. The fourth-order valence-corrected chi connectivity index (χ4v) is 4.61. The standard InChI is InChI=1S/C24H31O/c1-18(2)20-11-10-16-24(17-20,19(3)4)22(25)23(14-8-9-15-23)21-12-6-5-7-13-21/h5-7,10-13,16-19H,8-9,14-15H2,1-4H3. The van der Waals surface area contributed by atoms with Crippen LogP contribution in [0.1, 0.15) is 58.9 Å². The second-order valence-corrected chi connectivity index (χ2v) is 8.40. The van der Waals surface area contributed by atoms with Gasteiger partial charge in [-0.3, -0.25) is 4.79 Å². The largest absolute Gasteiger partial charge is 0.298 e. The van der Waals surface area contributed by atoms with Crippen LogP contribution in [0.2, 0.25) is 0 Å². The van der Waals surface area contributed by atoms with Crippen LogP contribution in [-0.2, 0) is 10.2 Å². The minimum absolute atomic E-state index is 0.250. The second kappa shape index (κ2) is 6.94. The Morgan fingerprint density at radius 1 is 1.00 bits per heavy atom. The van der Waals surface area contributed by atoms with Gasteiger partial charge in [-0.2, -0.15) is 0 Å². The van der Waals surface area contributed by atoms with Gasteiger partial charge in [0.1, 0.15) is 0 Å². The van der Waals surface area contributed by atoms with Gasteiger partial charge in [-0.1, -0.05) is 94.7 Å². The Kier molecular flexibility index (Phi) is 5.04. The number of hydrogen-bond acceptors (Lipinski definition) is 1. The topological polar surface area (TPSA) is 17.1 Å². The number of carbonyl (C=O) groups is 1. The molecule has 1 heteroatoms. The number of allylic oxidation sites excluding steroid dienone is 4. The van der Waals surface area contributed by atoms with E-state index in [-0.39, 0.29) is 11.3 Å². The molecule has 1 aromatic rings. The molecule has 1 saturated carbocycles. The highest BCUT2D eigenvalue weighted by Crippen LogP contribution is 2.51. The SMILES string of the molecule is CC(C)C1=CC=CC(C(=O)C2(c3ccccc3)CCCC2)(C(C)C)[CH]1. The van der Waals surface area contributed by atoms with E-state index in [4.69, 9.17) is 0 Å². The summed E-state index contributed by atoms with van der Waals surface area (Å²) in [5.41, 5.74) is 1.67. The Bertz CT molecular complexity index is 671. The van der Waals surface area contributed by atoms with Crippen molar-refractivity contribution in [3.05, 3.63) is 66.1 Å². The lowest BCUT2D eigenvalue weighted by Crippen LogP contribution is -2.48. The maximum atomic E-state index is 14.1. The van der Waals surface area contributed by atoms with Gasteiger partial charge in [-0.05, 0) is 30.2 Å². The minimum Gasteiger partial charge on any atom is -0.298 e. The van der Waals surface area contributed by atoms with E-state index in [2.05, 4.69) is 76.6 Å². The Balaban J connectivity index is 2.06. The van der Waals surface area contributed by atoms with Crippen molar-refractivity contribution in [3.63, 3.8) is 0 Å². The van der Waals surface area contributed by atoms with E-state index in [0.29, 0.717) is 11.7 Å². The average molecular weight is 336 g/mol. The van der Waals surface area contributed by atoms with Crippen LogP contribution in [0.3, 0.4) is 0 Å². The molecular formula is C24H31O. The molecular weight excluding hydrogens is 304 g/mol. The summed E-state index contributed by atoms with van der Waals surface area (Å²) in [6.07, 6.45) is 13.0. The van der Waals surface area contributed by atoms with E-state index in [1.165, 1.54) is 11.1 Å². The van der Waals surface area contributed by atoms with Crippen molar-refractivity contribution in [3.8, 4) is 0 Å². The van der Waals surface area contributed by atoms with Crippen molar-refractivity contribution >= 4 is 5.78 Å². The summed E-state index contributed by atoms with van der Waals surface area (Å²) < 4.78 is 0. The fourth-order valence-electron chi connectivity index (χ4n) is 4.61. The molecule has 0 saturated heterocycles. The molecule has 1 nitrogen and oxygen atoms in total. The first-order valence-corrected chi connectivity index (χ1v) is 9.78. The third-order valence-corrected chi connectivity index (χ3v) is 6.30. The Labute approximate surface area is 153 Å². The first-order valence-electron chi connectivity index (χ1n) is 9.78. The van der Waals surface area contributed by atoms with Crippen LogP contribution in [0.25, 0.3) is 0 Å². The van der Waals surface area contributed by atoms with E-state index in [9.17, 15) is 4.79 Å².